The molecule has 0 aromatic rings. The zero-order valence-corrected chi connectivity index (χ0v) is 11.5. The molecule has 3 unspecified atom stereocenters. The van der Waals surface area contributed by atoms with Gasteiger partial charge in [-0.3, -0.25) is 9.69 Å². The first kappa shape index (κ1) is 13.8. The van der Waals surface area contributed by atoms with Crippen LogP contribution in [0.3, 0.4) is 0 Å². The Morgan fingerprint density at radius 1 is 1.33 bits per heavy atom. The van der Waals surface area contributed by atoms with E-state index < -0.39 is 0 Å². The molecule has 4 heteroatoms. The molecule has 2 bridgehead atoms. The second-order valence-electron chi connectivity index (χ2n) is 5.51. The molecular weight excluding hydrogens is 230 g/mol. The van der Waals surface area contributed by atoms with E-state index in [0.717, 1.165) is 38.5 Å². The first-order chi connectivity index (χ1) is 8.67. The van der Waals surface area contributed by atoms with E-state index in [1.165, 1.54) is 0 Å². The number of rotatable bonds is 5. The molecule has 2 saturated heterocycles. The van der Waals surface area contributed by atoms with Gasteiger partial charge in [0.15, 0.2) is 0 Å². The van der Waals surface area contributed by atoms with E-state index in [1.807, 2.05) is 6.92 Å². The van der Waals surface area contributed by atoms with Crippen molar-refractivity contribution in [2.45, 2.75) is 76.6 Å². The number of hydrogen-bond acceptors (Lipinski definition) is 4. The first-order valence-electron chi connectivity index (χ1n) is 7.29. The summed E-state index contributed by atoms with van der Waals surface area (Å²) < 4.78 is 5.22. The number of fused-ring (bicyclic) bond motifs is 2. The summed E-state index contributed by atoms with van der Waals surface area (Å²) in [4.78, 5) is 14.4. The average Bonchev–Trinajstić information content (AvgIpc) is 2.58. The van der Waals surface area contributed by atoms with Crippen LogP contribution in [0.5, 0.6) is 0 Å². The highest BCUT2D eigenvalue weighted by Gasteiger charge is 2.45. The Morgan fingerprint density at radius 2 is 1.94 bits per heavy atom. The molecule has 18 heavy (non-hydrogen) atoms. The van der Waals surface area contributed by atoms with Crippen molar-refractivity contribution in [2.24, 2.45) is 0 Å². The lowest BCUT2D eigenvalue weighted by molar-refractivity contribution is -0.153. The Balaban J connectivity index is 2.09. The molecule has 0 saturated carbocycles. The molecule has 2 heterocycles. The van der Waals surface area contributed by atoms with Crippen molar-refractivity contribution in [1.82, 2.24) is 4.90 Å². The zero-order valence-electron chi connectivity index (χ0n) is 11.5. The van der Waals surface area contributed by atoms with Crippen LogP contribution in [0.15, 0.2) is 0 Å². The predicted octanol–water partition coefficient (Wildman–Crippen LogP) is 1.71. The second kappa shape index (κ2) is 6.02. The van der Waals surface area contributed by atoms with Gasteiger partial charge in [-0.1, -0.05) is 13.3 Å². The highest BCUT2D eigenvalue weighted by Crippen LogP contribution is 2.38. The van der Waals surface area contributed by atoms with Gasteiger partial charge in [-0.2, -0.15) is 0 Å². The van der Waals surface area contributed by atoms with Crippen LogP contribution in [-0.4, -0.2) is 46.8 Å². The maximum Gasteiger partial charge on any atom is 0.323 e. The van der Waals surface area contributed by atoms with Gasteiger partial charge in [0.1, 0.15) is 6.04 Å². The summed E-state index contributed by atoms with van der Waals surface area (Å²) in [7, 11) is 0. The van der Waals surface area contributed by atoms with Gasteiger partial charge in [0.05, 0.1) is 12.7 Å². The molecule has 2 aliphatic heterocycles. The minimum atomic E-state index is -0.178. The lowest BCUT2D eigenvalue weighted by Crippen LogP contribution is -2.53. The van der Waals surface area contributed by atoms with Crippen molar-refractivity contribution in [3.63, 3.8) is 0 Å². The predicted molar refractivity (Wildman–Crippen MR) is 69.2 cm³/mol. The molecule has 2 aliphatic rings. The third-order valence-corrected chi connectivity index (χ3v) is 4.25. The number of piperidine rings is 1. The van der Waals surface area contributed by atoms with Gasteiger partial charge in [0.2, 0.25) is 0 Å². The van der Waals surface area contributed by atoms with Crippen molar-refractivity contribution in [2.75, 3.05) is 6.61 Å². The maximum absolute atomic E-state index is 12.1. The molecule has 0 aliphatic carbocycles. The van der Waals surface area contributed by atoms with Crippen LogP contribution in [-0.2, 0) is 9.53 Å². The Hall–Kier alpha value is -0.610. The lowest BCUT2D eigenvalue weighted by atomic mass is 9.96. The maximum atomic E-state index is 12.1. The summed E-state index contributed by atoms with van der Waals surface area (Å²) in [6.07, 6.45) is 5.53. The summed E-state index contributed by atoms with van der Waals surface area (Å²) in [5, 5.41) is 9.82. The zero-order chi connectivity index (χ0) is 13.1. The summed E-state index contributed by atoms with van der Waals surface area (Å²) in [5.41, 5.74) is 0. The van der Waals surface area contributed by atoms with Crippen LogP contribution in [0.4, 0.5) is 0 Å². The Kier molecular flexibility index (Phi) is 4.62. The van der Waals surface area contributed by atoms with Crippen LogP contribution in [0, 0.1) is 0 Å². The van der Waals surface area contributed by atoms with Crippen LogP contribution >= 0.6 is 0 Å². The van der Waals surface area contributed by atoms with Crippen molar-refractivity contribution in [1.29, 1.82) is 0 Å². The van der Waals surface area contributed by atoms with Gasteiger partial charge >= 0.3 is 5.97 Å². The molecule has 2 fully saturated rings. The average molecular weight is 255 g/mol. The number of aliphatic hydroxyl groups excluding tert-OH is 1. The van der Waals surface area contributed by atoms with Gasteiger partial charge in [-0.25, -0.2) is 0 Å². The van der Waals surface area contributed by atoms with Crippen molar-refractivity contribution in [3.8, 4) is 0 Å². The van der Waals surface area contributed by atoms with E-state index in [0.29, 0.717) is 18.7 Å². The van der Waals surface area contributed by atoms with Crippen molar-refractivity contribution in [3.05, 3.63) is 0 Å². The molecule has 0 aromatic carbocycles. The van der Waals surface area contributed by atoms with Crippen molar-refractivity contribution < 1.29 is 14.6 Å². The fourth-order valence-electron chi connectivity index (χ4n) is 3.59. The number of hydrogen-bond donors (Lipinski definition) is 1. The lowest BCUT2D eigenvalue weighted by Gasteiger charge is -2.41. The second-order valence-corrected chi connectivity index (χ2v) is 5.51. The van der Waals surface area contributed by atoms with E-state index in [9.17, 15) is 9.90 Å². The fourth-order valence-corrected chi connectivity index (χ4v) is 3.59. The molecule has 3 atom stereocenters. The molecule has 4 nitrogen and oxygen atoms in total. The third kappa shape index (κ3) is 2.69. The van der Waals surface area contributed by atoms with Gasteiger partial charge in [-0.15, -0.1) is 0 Å². The van der Waals surface area contributed by atoms with E-state index in [2.05, 4.69) is 11.8 Å². The van der Waals surface area contributed by atoms with Crippen LogP contribution in [0.25, 0.3) is 0 Å². The molecule has 0 amide bonds. The van der Waals surface area contributed by atoms with Gasteiger partial charge in [-0.05, 0) is 39.0 Å². The van der Waals surface area contributed by atoms with E-state index in [4.69, 9.17) is 4.74 Å². The number of nitrogens with zero attached hydrogens (tertiary/aromatic N) is 1. The summed E-state index contributed by atoms with van der Waals surface area (Å²) >= 11 is 0. The largest absolute Gasteiger partial charge is 0.465 e. The minimum Gasteiger partial charge on any atom is -0.465 e. The third-order valence-electron chi connectivity index (χ3n) is 4.25. The Bertz CT molecular complexity index is 281. The Labute approximate surface area is 109 Å². The summed E-state index contributed by atoms with van der Waals surface area (Å²) in [6.45, 7) is 4.41. The van der Waals surface area contributed by atoms with Gasteiger partial charge < -0.3 is 9.84 Å². The molecule has 2 rings (SSSR count). The summed E-state index contributed by atoms with van der Waals surface area (Å²) in [6, 6.07) is 0.652. The highest BCUT2D eigenvalue weighted by atomic mass is 16.5. The smallest absolute Gasteiger partial charge is 0.323 e. The summed E-state index contributed by atoms with van der Waals surface area (Å²) in [5.74, 6) is -0.0763. The molecule has 104 valence electrons. The molecule has 1 N–H and O–H groups in total. The quantitative estimate of drug-likeness (QED) is 0.760. The van der Waals surface area contributed by atoms with Crippen LogP contribution in [0.1, 0.15) is 52.4 Å². The van der Waals surface area contributed by atoms with Gasteiger partial charge in [0.25, 0.3) is 0 Å². The van der Waals surface area contributed by atoms with E-state index in [-0.39, 0.29) is 18.1 Å². The first-order valence-corrected chi connectivity index (χ1v) is 7.29. The molecule has 0 radical (unpaired) electrons. The monoisotopic (exact) mass is 255 g/mol. The molecule has 0 aromatic heterocycles. The van der Waals surface area contributed by atoms with E-state index >= 15 is 0 Å². The minimum absolute atomic E-state index is 0.0763. The fraction of sp³-hybridized carbons (Fsp3) is 0.929. The highest BCUT2D eigenvalue weighted by molar-refractivity contribution is 5.76. The normalized spacial score (nSPS) is 33.4. The molecular formula is C14H25NO3. The Morgan fingerprint density at radius 3 is 2.44 bits per heavy atom. The number of esters is 1. The standard InChI is InChI=1S/C14H25NO3/c1-3-5-13(14(17)18-4-2)15-10-6-7-11(15)9-12(16)8-10/h10-13,16H,3-9H2,1-2H3. The number of carbonyl (C=O) groups excluding carboxylic acids is 1. The topological polar surface area (TPSA) is 49.8 Å². The van der Waals surface area contributed by atoms with Crippen LogP contribution < -0.4 is 0 Å². The van der Waals surface area contributed by atoms with E-state index in [1.54, 1.807) is 0 Å². The van der Waals surface area contributed by atoms with Gasteiger partial charge in [0, 0.05) is 12.1 Å². The SMILES string of the molecule is CCCC(C(=O)OCC)N1C2CCC1CC(O)C2. The number of ether oxygens (including phenoxy) is 1. The van der Waals surface area contributed by atoms with Crippen LogP contribution in [0.2, 0.25) is 0 Å². The number of aliphatic hydroxyl groups is 1. The number of carbonyl (C=O) groups is 1. The molecule has 0 spiro atoms. The van der Waals surface area contributed by atoms with Crippen molar-refractivity contribution >= 4 is 5.97 Å².